The van der Waals surface area contributed by atoms with Gasteiger partial charge in [-0.2, -0.15) is 21.8 Å². The molecule has 22 heavy (non-hydrogen) atoms. The van der Waals surface area contributed by atoms with Crippen LogP contribution in [0.1, 0.15) is 0 Å². The number of thiocarbonyl (C=S) groups is 1. The Kier molecular flexibility index (Phi) is 6.01. The molecule has 2 aromatic rings. The molecule has 2 N–H and O–H groups in total. The molecule has 0 saturated heterocycles. The average Bonchev–Trinajstić information content (AvgIpc) is 2.36. The van der Waals surface area contributed by atoms with Crippen LogP contribution >= 0.6 is 12.2 Å². The van der Waals surface area contributed by atoms with Gasteiger partial charge in [-0.1, -0.05) is 6.07 Å². The molecule has 0 saturated carbocycles. The van der Waals surface area contributed by atoms with E-state index in [9.17, 15) is 16.8 Å². The molecule has 0 spiro atoms. The van der Waals surface area contributed by atoms with Crippen LogP contribution in [-0.4, -0.2) is 60.7 Å². The van der Waals surface area contributed by atoms with Crippen molar-refractivity contribution >= 4 is 83.6 Å². The summed E-state index contributed by atoms with van der Waals surface area (Å²) in [5.74, 6) is 0. The van der Waals surface area contributed by atoms with Crippen LogP contribution in [0.4, 0.5) is 5.69 Å². The van der Waals surface area contributed by atoms with E-state index in [0.717, 1.165) is 24.3 Å². The topological polar surface area (TPSA) is 121 Å². The van der Waals surface area contributed by atoms with E-state index in [1.807, 2.05) is 0 Å². The van der Waals surface area contributed by atoms with Crippen molar-refractivity contribution in [2.45, 2.75) is 9.79 Å². The number of fused-ring (bicyclic) bond motifs is 1. The Hall–Kier alpha value is -0.680. The Bertz CT molecular complexity index is 989. The molecule has 0 aliphatic rings. The quantitative estimate of drug-likeness (QED) is 0.366. The van der Waals surface area contributed by atoms with Gasteiger partial charge < -0.3 is 0 Å². The Morgan fingerprint density at radius 1 is 0.955 bits per heavy atom. The number of aliphatic imine (C=N–C) groups is 1. The second-order valence-electron chi connectivity index (χ2n) is 3.98. The van der Waals surface area contributed by atoms with Gasteiger partial charge in [0.2, 0.25) is 0 Å². The van der Waals surface area contributed by atoms with Crippen LogP contribution in [0.3, 0.4) is 0 Å². The van der Waals surface area contributed by atoms with E-state index in [1.165, 1.54) is 6.07 Å². The molecule has 2 rings (SSSR count). The summed E-state index contributed by atoms with van der Waals surface area (Å²) < 4.78 is 62.7. The van der Waals surface area contributed by atoms with Crippen LogP contribution in [0.2, 0.25) is 0 Å². The van der Waals surface area contributed by atoms with E-state index in [2.05, 4.69) is 22.4 Å². The van der Waals surface area contributed by atoms with Crippen molar-refractivity contribution < 1.29 is 25.9 Å². The summed E-state index contributed by atoms with van der Waals surface area (Å²) in [5, 5.41) is 2.59. The second-order valence-corrected chi connectivity index (χ2v) is 7.00. The zero-order chi connectivity index (χ0) is 15.8. The predicted octanol–water partition coefficient (Wildman–Crippen LogP) is 1.69. The van der Waals surface area contributed by atoms with Gasteiger partial charge in [-0.05, 0) is 41.9 Å². The Morgan fingerprint density at radius 3 is 2.00 bits per heavy atom. The second kappa shape index (κ2) is 6.83. The number of hydrogen-bond donors (Lipinski definition) is 2. The molecular weight excluding hydrogens is 361 g/mol. The van der Waals surface area contributed by atoms with Gasteiger partial charge >= 0.3 is 0 Å². The van der Waals surface area contributed by atoms with Gasteiger partial charge in [-0.15, -0.1) is 0 Å². The van der Waals surface area contributed by atoms with Crippen molar-refractivity contribution in [2.24, 2.45) is 4.99 Å². The summed E-state index contributed by atoms with van der Waals surface area (Å²) in [5.41, 5.74) is 0.0945. The first-order valence-electron chi connectivity index (χ1n) is 5.23. The first-order valence-corrected chi connectivity index (χ1v) is 8.52. The largest absolute Gasteiger partial charge is 0.294 e. The third-order valence-electron chi connectivity index (χ3n) is 2.64. The van der Waals surface area contributed by atoms with Crippen molar-refractivity contribution in [1.29, 1.82) is 0 Å². The Labute approximate surface area is 153 Å². The molecular formula is C11H7NNaO6S3. The predicted molar refractivity (Wildman–Crippen MR) is 84.0 cm³/mol. The molecule has 11 heteroatoms. The monoisotopic (exact) mass is 368 g/mol. The maximum absolute atomic E-state index is 11.2. The molecule has 0 aliphatic carbocycles. The molecule has 7 nitrogen and oxygen atoms in total. The minimum absolute atomic E-state index is 0. The van der Waals surface area contributed by atoms with Crippen LogP contribution in [0, 0.1) is 0 Å². The fourth-order valence-electron chi connectivity index (χ4n) is 1.75. The summed E-state index contributed by atoms with van der Waals surface area (Å²) in [4.78, 5) is 2.78. The van der Waals surface area contributed by atoms with E-state index >= 15 is 0 Å². The van der Waals surface area contributed by atoms with Gasteiger partial charge in [0, 0.05) is 34.9 Å². The zero-order valence-electron chi connectivity index (χ0n) is 11.1. The fraction of sp³-hybridized carbons (Fsp3) is 0. The molecule has 0 aromatic heterocycles. The van der Waals surface area contributed by atoms with Crippen LogP contribution in [-0.2, 0) is 20.2 Å². The minimum Gasteiger partial charge on any atom is -0.282 e. The van der Waals surface area contributed by atoms with E-state index in [-0.39, 0.29) is 40.6 Å². The molecule has 0 atom stereocenters. The van der Waals surface area contributed by atoms with Crippen LogP contribution < -0.4 is 0 Å². The SMILES string of the molecule is O=S(=O)(O)c1ccc2c(N=C=S)cc(S(=O)(=O)O)cc2c1.[Na]. The molecule has 111 valence electrons. The average molecular weight is 368 g/mol. The van der Waals surface area contributed by atoms with Crippen molar-refractivity contribution in [3.8, 4) is 0 Å². The Balaban J connectivity index is 0.00000242. The van der Waals surface area contributed by atoms with E-state index in [1.54, 1.807) is 0 Å². The summed E-state index contributed by atoms with van der Waals surface area (Å²) in [6, 6.07) is 5.65. The molecule has 0 fully saturated rings. The Morgan fingerprint density at radius 2 is 1.50 bits per heavy atom. The van der Waals surface area contributed by atoms with Gasteiger partial charge in [-0.3, -0.25) is 9.11 Å². The molecule has 0 aliphatic heterocycles. The summed E-state index contributed by atoms with van der Waals surface area (Å²) in [6.07, 6.45) is 0. The fourth-order valence-corrected chi connectivity index (χ4v) is 2.90. The maximum atomic E-state index is 11.2. The molecule has 0 amide bonds. The number of nitrogens with zero attached hydrogens (tertiary/aromatic N) is 1. The number of hydrogen-bond acceptors (Lipinski definition) is 6. The molecule has 1 radical (unpaired) electrons. The maximum Gasteiger partial charge on any atom is 0.294 e. The van der Waals surface area contributed by atoms with Crippen LogP contribution in [0.5, 0.6) is 0 Å². The van der Waals surface area contributed by atoms with Gasteiger partial charge in [-0.25, -0.2) is 0 Å². The standard InChI is InChI=1S/C11H7NO6S3.Na/c13-20(14,15)8-1-2-10-7(3-8)4-9(21(16,17)18)5-11(10)12-6-19;/h1-5H,(H,13,14,15)(H,16,17,18);. The number of benzene rings is 2. The van der Waals surface area contributed by atoms with Crippen molar-refractivity contribution in [3.05, 3.63) is 30.3 Å². The zero-order valence-corrected chi connectivity index (χ0v) is 15.5. The van der Waals surface area contributed by atoms with Crippen molar-refractivity contribution in [3.63, 3.8) is 0 Å². The minimum atomic E-state index is -4.52. The molecule has 0 unspecified atom stereocenters. The first kappa shape index (κ1) is 19.4. The van der Waals surface area contributed by atoms with E-state index < -0.39 is 30.0 Å². The summed E-state index contributed by atoms with van der Waals surface area (Å²) >= 11 is 4.45. The molecule has 0 bridgehead atoms. The van der Waals surface area contributed by atoms with E-state index in [0.29, 0.717) is 5.39 Å². The third-order valence-corrected chi connectivity index (χ3v) is 4.41. The number of rotatable bonds is 3. The van der Waals surface area contributed by atoms with Crippen molar-refractivity contribution in [1.82, 2.24) is 0 Å². The van der Waals surface area contributed by atoms with Gasteiger partial charge in [0.25, 0.3) is 20.2 Å². The molecule has 0 heterocycles. The van der Waals surface area contributed by atoms with Gasteiger partial charge in [0.15, 0.2) is 0 Å². The number of isothiocyanates is 1. The molecule has 2 aromatic carbocycles. The van der Waals surface area contributed by atoms with Crippen LogP contribution in [0.15, 0.2) is 45.1 Å². The van der Waals surface area contributed by atoms with Crippen LogP contribution in [0.25, 0.3) is 10.8 Å². The summed E-state index contributed by atoms with van der Waals surface area (Å²) in [6.45, 7) is 0. The van der Waals surface area contributed by atoms with Gasteiger partial charge in [0.05, 0.1) is 20.6 Å². The van der Waals surface area contributed by atoms with Gasteiger partial charge in [0.1, 0.15) is 0 Å². The first-order chi connectivity index (χ1) is 9.63. The third kappa shape index (κ3) is 4.19. The van der Waals surface area contributed by atoms with E-state index in [4.69, 9.17) is 9.11 Å². The smallest absolute Gasteiger partial charge is 0.282 e. The summed E-state index contributed by atoms with van der Waals surface area (Å²) in [7, 11) is -8.96. The van der Waals surface area contributed by atoms with Crippen molar-refractivity contribution in [2.75, 3.05) is 0 Å². The normalized spacial score (nSPS) is 11.5.